The molecule has 0 spiro atoms. The van der Waals surface area contributed by atoms with Crippen LogP contribution in [0.2, 0.25) is 0 Å². The van der Waals surface area contributed by atoms with Crippen LogP contribution < -0.4 is 0 Å². The van der Waals surface area contributed by atoms with Gasteiger partial charge in [-0.25, -0.2) is 0 Å². The maximum atomic E-state index is 2.35. The standard InChI is InChI=1S/C16H28/c1-8-13-9-14(10(2)3)16(12(6)7)15(13)11(4)5/h10-12H,8-9H2,1-7H3. The Morgan fingerprint density at radius 1 is 0.812 bits per heavy atom. The van der Waals surface area contributed by atoms with Crippen molar-refractivity contribution >= 4 is 0 Å². The summed E-state index contributed by atoms with van der Waals surface area (Å²) in [6.07, 6.45) is 2.47. The van der Waals surface area contributed by atoms with E-state index < -0.39 is 0 Å². The molecule has 0 aromatic heterocycles. The van der Waals surface area contributed by atoms with E-state index in [9.17, 15) is 0 Å². The van der Waals surface area contributed by atoms with E-state index in [4.69, 9.17) is 0 Å². The molecule has 0 fully saturated rings. The van der Waals surface area contributed by atoms with Crippen LogP contribution in [0, 0.1) is 17.8 Å². The van der Waals surface area contributed by atoms with Gasteiger partial charge in [-0.15, -0.1) is 0 Å². The van der Waals surface area contributed by atoms with Crippen molar-refractivity contribution in [3.63, 3.8) is 0 Å². The molecule has 0 unspecified atom stereocenters. The first-order valence-electron chi connectivity index (χ1n) is 6.85. The zero-order valence-electron chi connectivity index (χ0n) is 12.1. The summed E-state index contributed by atoms with van der Waals surface area (Å²) < 4.78 is 0. The van der Waals surface area contributed by atoms with Crippen LogP contribution in [0.1, 0.15) is 61.3 Å². The van der Waals surface area contributed by atoms with Gasteiger partial charge >= 0.3 is 0 Å². The highest BCUT2D eigenvalue weighted by Gasteiger charge is 2.27. The second kappa shape index (κ2) is 5.21. The second-order valence-corrected chi connectivity index (χ2v) is 5.95. The molecule has 0 nitrogen and oxygen atoms in total. The Balaban J connectivity index is 3.23. The lowest BCUT2D eigenvalue weighted by molar-refractivity contribution is 0.671. The zero-order valence-corrected chi connectivity index (χ0v) is 12.1. The van der Waals surface area contributed by atoms with E-state index in [-0.39, 0.29) is 0 Å². The molecule has 0 heteroatoms. The molecule has 0 heterocycles. The number of rotatable bonds is 4. The van der Waals surface area contributed by atoms with Gasteiger partial charge in [0.2, 0.25) is 0 Å². The Hall–Kier alpha value is -0.520. The largest absolute Gasteiger partial charge is 0.0627 e. The normalized spacial score (nSPS) is 17.6. The molecule has 0 amide bonds. The lowest BCUT2D eigenvalue weighted by Gasteiger charge is -2.20. The summed E-state index contributed by atoms with van der Waals surface area (Å²) in [5, 5.41) is 0. The molecule has 1 aliphatic carbocycles. The molecule has 0 N–H and O–H groups in total. The van der Waals surface area contributed by atoms with Crippen LogP contribution in [0.15, 0.2) is 22.3 Å². The van der Waals surface area contributed by atoms with Crippen LogP contribution in [0.5, 0.6) is 0 Å². The van der Waals surface area contributed by atoms with Crippen LogP contribution in [-0.4, -0.2) is 0 Å². The molecule has 0 radical (unpaired) electrons. The topological polar surface area (TPSA) is 0 Å². The van der Waals surface area contributed by atoms with Crippen molar-refractivity contribution < 1.29 is 0 Å². The SMILES string of the molecule is CCC1=C(C(C)C)C(C(C)C)=C(C(C)C)C1. The van der Waals surface area contributed by atoms with Crippen molar-refractivity contribution in [3.8, 4) is 0 Å². The van der Waals surface area contributed by atoms with Gasteiger partial charge in [-0.2, -0.15) is 0 Å². The third-order valence-electron chi connectivity index (χ3n) is 3.70. The van der Waals surface area contributed by atoms with Gasteiger partial charge in [-0.05, 0) is 41.7 Å². The lowest BCUT2D eigenvalue weighted by atomic mass is 9.85. The van der Waals surface area contributed by atoms with Gasteiger partial charge in [-0.3, -0.25) is 0 Å². The smallest absolute Gasteiger partial charge is 0.00939 e. The predicted molar refractivity (Wildman–Crippen MR) is 73.5 cm³/mol. The minimum absolute atomic E-state index is 0.679. The van der Waals surface area contributed by atoms with E-state index in [1.807, 2.05) is 0 Å². The summed E-state index contributed by atoms with van der Waals surface area (Å²) in [6, 6.07) is 0. The fourth-order valence-corrected chi connectivity index (χ4v) is 3.02. The zero-order chi connectivity index (χ0) is 12.5. The van der Waals surface area contributed by atoms with Crippen LogP contribution in [0.25, 0.3) is 0 Å². The van der Waals surface area contributed by atoms with Gasteiger partial charge < -0.3 is 0 Å². The van der Waals surface area contributed by atoms with Crippen molar-refractivity contribution in [2.45, 2.75) is 61.3 Å². The van der Waals surface area contributed by atoms with Crippen molar-refractivity contribution in [1.82, 2.24) is 0 Å². The Labute approximate surface area is 102 Å². The first kappa shape index (κ1) is 13.5. The molecular weight excluding hydrogens is 192 g/mol. The summed E-state index contributed by atoms with van der Waals surface area (Å²) >= 11 is 0. The highest BCUT2D eigenvalue weighted by molar-refractivity contribution is 5.49. The van der Waals surface area contributed by atoms with E-state index in [2.05, 4.69) is 48.5 Å². The summed E-state index contributed by atoms with van der Waals surface area (Å²) in [6.45, 7) is 16.4. The molecule has 0 aromatic carbocycles. The number of hydrogen-bond acceptors (Lipinski definition) is 0. The Morgan fingerprint density at radius 2 is 1.31 bits per heavy atom. The van der Waals surface area contributed by atoms with E-state index in [0.717, 1.165) is 0 Å². The van der Waals surface area contributed by atoms with Gasteiger partial charge in [0.05, 0.1) is 0 Å². The molecule has 92 valence electrons. The van der Waals surface area contributed by atoms with Crippen molar-refractivity contribution in [3.05, 3.63) is 22.3 Å². The van der Waals surface area contributed by atoms with Crippen LogP contribution in [-0.2, 0) is 0 Å². The molecule has 0 aliphatic heterocycles. The number of allylic oxidation sites excluding steroid dienone is 4. The van der Waals surface area contributed by atoms with E-state index in [1.54, 1.807) is 22.3 Å². The molecule has 0 aromatic rings. The Bertz CT molecular complexity index is 311. The average molecular weight is 220 g/mol. The van der Waals surface area contributed by atoms with Gasteiger partial charge in [0.15, 0.2) is 0 Å². The summed E-state index contributed by atoms with van der Waals surface area (Å²) in [7, 11) is 0. The summed E-state index contributed by atoms with van der Waals surface area (Å²) in [4.78, 5) is 0. The molecular formula is C16H28. The fourth-order valence-electron chi connectivity index (χ4n) is 3.02. The molecule has 16 heavy (non-hydrogen) atoms. The maximum absolute atomic E-state index is 2.35. The second-order valence-electron chi connectivity index (χ2n) is 5.95. The first-order chi connectivity index (χ1) is 7.40. The molecule has 0 saturated carbocycles. The Kier molecular flexibility index (Phi) is 4.41. The fraction of sp³-hybridized carbons (Fsp3) is 0.750. The summed E-state index contributed by atoms with van der Waals surface area (Å²) in [5.41, 5.74) is 6.76. The highest BCUT2D eigenvalue weighted by Crippen LogP contribution is 2.44. The van der Waals surface area contributed by atoms with Gasteiger partial charge in [0.1, 0.15) is 0 Å². The lowest BCUT2D eigenvalue weighted by Crippen LogP contribution is -2.06. The molecule has 0 saturated heterocycles. The average Bonchev–Trinajstić information content (AvgIpc) is 2.56. The minimum Gasteiger partial charge on any atom is -0.0627 e. The van der Waals surface area contributed by atoms with Crippen LogP contribution >= 0.6 is 0 Å². The number of hydrogen-bond donors (Lipinski definition) is 0. The van der Waals surface area contributed by atoms with Crippen molar-refractivity contribution in [2.24, 2.45) is 17.8 Å². The van der Waals surface area contributed by atoms with Crippen LogP contribution in [0.4, 0.5) is 0 Å². The van der Waals surface area contributed by atoms with Crippen molar-refractivity contribution in [1.29, 1.82) is 0 Å². The van der Waals surface area contributed by atoms with Crippen LogP contribution in [0.3, 0.4) is 0 Å². The summed E-state index contributed by atoms with van der Waals surface area (Å²) in [5.74, 6) is 2.07. The van der Waals surface area contributed by atoms with Crippen molar-refractivity contribution in [2.75, 3.05) is 0 Å². The maximum Gasteiger partial charge on any atom is -0.00939 e. The molecule has 1 aliphatic rings. The quantitative estimate of drug-likeness (QED) is 0.598. The predicted octanol–water partition coefficient (Wildman–Crippen LogP) is 5.36. The van der Waals surface area contributed by atoms with Gasteiger partial charge in [-0.1, -0.05) is 59.6 Å². The molecule has 0 atom stereocenters. The van der Waals surface area contributed by atoms with E-state index in [0.29, 0.717) is 17.8 Å². The van der Waals surface area contributed by atoms with E-state index in [1.165, 1.54) is 12.8 Å². The monoisotopic (exact) mass is 220 g/mol. The third-order valence-corrected chi connectivity index (χ3v) is 3.70. The first-order valence-corrected chi connectivity index (χ1v) is 6.85. The third kappa shape index (κ3) is 2.42. The van der Waals surface area contributed by atoms with Gasteiger partial charge in [0, 0.05) is 0 Å². The minimum atomic E-state index is 0.679. The van der Waals surface area contributed by atoms with E-state index >= 15 is 0 Å². The highest BCUT2D eigenvalue weighted by atomic mass is 14.3. The van der Waals surface area contributed by atoms with Gasteiger partial charge in [0.25, 0.3) is 0 Å². The Morgan fingerprint density at radius 3 is 1.62 bits per heavy atom. The molecule has 1 rings (SSSR count). The molecule has 0 bridgehead atoms.